The van der Waals surface area contributed by atoms with Crippen molar-refractivity contribution in [2.45, 2.75) is 6.92 Å². The third-order valence-corrected chi connectivity index (χ3v) is 5.31. The maximum absolute atomic E-state index is 13.1. The molecule has 2 aromatic carbocycles. The number of hydrogen-bond donors (Lipinski definition) is 1. The first-order valence-corrected chi connectivity index (χ1v) is 10.7. The van der Waals surface area contributed by atoms with Crippen LogP contribution in [-0.2, 0) is 14.3 Å². The molecule has 8 nitrogen and oxygen atoms in total. The summed E-state index contributed by atoms with van der Waals surface area (Å²) in [6, 6.07) is 16.8. The molecule has 1 saturated heterocycles. The Morgan fingerprint density at radius 1 is 1.06 bits per heavy atom. The Balaban J connectivity index is 1.58. The maximum Gasteiger partial charge on any atom is 0.338 e. The first kappa shape index (κ1) is 22.9. The number of nitrogens with zero attached hydrogens (tertiary/aromatic N) is 1. The maximum atomic E-state index is 13.1. The van der Waals surface area contributed by atoms with Gasteiger partial charge in [0, 0.05) is 5.56 Å². The van der Waals surface area contributed by atoms with Crippen molar-refractivity contribution in [1.82, 2.24) is 5.32 Å². The van der Waals surface area contributed by atoms with Crippen molar-refractivity contribution in [1.29, 1.82) is 0 Å². The summed E-state index contributed by atoms with van der Waals surface area (Å²) in [4.78, 5) is 38.7. The lowest BCUT2D eigenvalue weighted by molar-refractivity contribution is -0.122. The highest BCUT2D eigenvalue weighted by molar-refractivity contribution is 7.80. The first-order chi connectivity index (χ1) is 16.4. The summed E-state index contributed by atoms with van der Waals surface area (Å²) in [5, 5.41) is 2.52. The monoisotopic (exact) mass is 476 g/mol. The van der Waals surface area contributed by atoms with Crippen molar-refractivity contribution in [2.24, 2.45) is 0 Å². The summed E-state index contributed by atoms with van der Waals surface area (Å²) >= 11 is 5.21. The number of anilines is 1. The standard InChI is InChI=1S/C25H20N2O6S/c1-3-32-24(30)16-6-4-15(5-7-16)21-13-12-19(33-21)14-20-22(28)26-25(34)27(23(20)29)17-8-10-18(31-2)11-9-17/h4-14H,3H2,1-2H3,(H,26,28,34)/b20-14-. The van der Waals surface area contributed by atoms with Crippen molar-refractivity contribution < 1.29 is 28.3 Å². The molecule has 1 N–H and O–H groups in total. The highest BCUT2D eigenvalue weighted by atomic mass is 32.1. The smallest absolute Gasteiger partial charge is 0.338 e. The van der Waals surface area contributed by atoms with Crippen molar-refractivity contribution >= 4 is 46.9 Å². The molecule has 2 heterocycles. The van der Waals surface area contributed by atoms with Crippen LogP contribution in [0.3, 0.4) is 0 Å². The molecule has 0 atom stereocenters. The largest absolute Gasteiger partial charge is 0.497 e. The molecule has 0 unspecified atom stereocenters. The molecule has 0 bridgehead atoms. The summed E-state index contributed by atoms with van der Waals surface area (Å²) in [5.74, 6) is -0.150. The summed E-state index contributed by atoms with van der Waals surface area (Å²) in [5.41, 5.74) is 1.52. The number of hydrogen-bond acceptors (Lipinski definition) is 7. The van der Waals surface area contributed by atoms with Gasteiger partial charge >= 0.3 is 5.97 Å². The number of carbonyl (C=O) groups excluding carboxylic acids is 3. The summed E-state index contributed by atoms with van der Waals surface area (Å²) in [6.45, 7) is 2.04. The Bertz CT molecular complexity index is 1290. The van der Waals surface area contributed by atoms with E-state index in [1.54, 1.807) is 74.7 Å². The number of thiocarbonyl (C=S) groups is 1. The van der Waals surface area contributed by atoms with Crippen LogP contribution < -0.4 is 15.0 Å². The van der Waals surface area contributed by atoms with E-state index >= 15 is 0 Å². The lowest BCUT2D eigenvalue weighted by atomic mass is 10.1. The van der Waals surface area contributed by atoms with Crippen LogP contribution >= 0.6 is 12.2 Å². The van der Waals surface area contributed by atoms with E-state index in [1.807, 2.05) is 0 Å². The van der Waals surface area contributed by atoms with Crippen LogP contribution in [0, 0.1) is 0 Å². The van der Waals surface area contributed by atoms with Gasteiger partial charge in [-0.1, -0.05) is 12.1 Å². The predicted molar refractivity (Wildman–Crippen MR) is 129 cm³/mol. The van der Waals surface area contributed by atoms with Gasteiger partial charge in [-0.05, 0) is 73.7 Å². The highest BCUT2D eigenvalue weighted by Crippen LogP contribution is 2.27. The van der Waals surface area contributed by atoms with Crippen molar-refractivity contribution in [3.8, 4) is 17.1 Å². The molecule has 1 fully saturated rings. The van der Waals surface area contributed by atoms with Crippen LogP contribution in [0.5, 0.6) is 5.75 Å². The van der Waals surface area contributed by atoms with Gasteiger partial charge < -0.3 is 13.9 Å². The molecule has 1 aromatic heterocycles. The van der Waals surface area contributed by atoms with Crippen LogP contribution in [0.4, 0.5) is 5.69 Å². The zero-order valence-electron chi connectivity index (χ0n) is 18.4. The number of rotatable bonds is 6. The molecule has 1 aliphatic rings. The van der Waals surface area contributed by atoms with E-state index < -0.39 is 17.8 Å². The van der Waals surface area contributed by atoms with Crippen molar-refractivity contribution in [3.63, 3.8) is 0 Å². The molecular formula is C25H20N2O6S. The Morgan fingerprint density at radius 3 is 2.41 bits per heavy atom. The SMILES string of the molecule is CCOC(=O)c1ccc(-c2ccc(/C=C3/C(=O)NC(=S)N(c4ccc(OC)cc4)C3=O)o2)cc1. The summed E-state index contributed by atoms with van der Waals surface area (Å²) in [7, 11) is 1.54. The van der Waals surface area contributed by atoms with Crippen LogP contribution in [0.1, 0.15) is 23.0 Å². The second-order valence-electron chi connectivity index (χ2n) is 7.16. The zero-order valence-corrected chi connectivity index (χ0v) is 19.2. The van der Waals surface area contributed by atoms with Gasteiger partial charge in [0.2, 0.25) is 0 Å². The van der Waals surface area contributed by atoms with Gasteiger partial charge in [-0.25, -0.2) is 4.79 Å². The molecule has 34 heavy (non-hydrogen) atoms. The van der Waals surface area contributed by atoms with E-state index in [4.69, 9.17) is 26.1 Å². The second kappa shape index (κ2) is 9.72. The van der Waals surface area contributed by atoms with Gasteiger partial charge in [0.25, 0.3) is 11.8 Å². The molecule has 2 amide bonds. The number of benzene rings is 2. The molecule has 0 saturated carbocycles. The average Bonchev–Trinajstić information content (AvgIpc) is 3.31. The van der Waals surface area contributed by atoms with Gasteiger partial charge in [0.15, 0.2) is 5.11 Å². The molecule has 4 rings (SSSR count). The van der Waals surface area contributed by atoms with Gasteiger partial charge in [0.1, 0.15) is 22.8 Å². The van der Waals surface area contributed by atoms with Crippen LogP contribution in [0.15, 0.2) is 70.7 Å². The van der Waals surface area contributed by atoms with Crippen LogP contribution in [0.2, 0.25) is 0 Å². The first-order valence-electron chi connectivity index (χ1n) is 10.3. The van der Waals surface area contributed by atoms with Gasteiger partial charge in [-0.3, -0.25) is 19.8 Å². The van der Waals surface area contributed by atoms with Crippen molar-refractivity contribution in [2.75, 3.05) is 18.6 Å². The van der Waals surface area contributed by atoms with E-state index in [9.17, 15) is 14.4 Å². The fraction of sp³-hybridized carbons (Fsp3) is 0.120. The van der Waals surface area contributed by atoms with Crippen LogP contribution in [-0.4, -0.2) is 36.6 Å². The number of methoxy groups -OCH3 is 1. The molecule has 172 valence electrons. The normalized spacial score (nSPS) is 14.8. The molecule has 0 radical (unpaired) electrons. The van der Waals surface area contributed by atoms with Gasteiger partial charge in [0.05, 0.1) is 25.0 Å². The minimum atomic E-state index is -0.614. The van der Waals surface area contributed by atoms with E-state index in [2.05, 4.69) is 5.32 Å². The molecule has 9 heteroatoms. The lowest BCUT2D eigenvalue weighted by Crippen LogP contribution is -2.54. The minimum Gasteiger partial charge on any atom is -0.497 e. The van der Waals surface area contributed by atoms with E-state index in [-0.39, 0.29) is 10.7 Å². The molecular weight excluding hydrogens is 456 g/mol. The molecule has 0 spiro atoms. The van der Waals surface area contributed by atoms with E-state index in [0.717, 1.165) is 5.56 Å². The van der Waals surface area contributed by atoms with Crippen LogP contribution in [0.25, 0.3) is 17.4 Å². The van der Waals surface area contributed by atoms with Gasteiger partial charge in [-0.15, -0.1) is 0 Å². The number of amides is 2. The topological polar surface area (TPSA) is 98.1 Å². The fourth-order valence-corrected chi connectivity index (χ4v) is 3.62. The third-order valence-electron chi connectivity index (χ3n) is 5.03. The number of esters is 1. The summed E-state index contributed by atoms with van der Waals surface area (Å²) in [6.07, 6.45) is 1.37. The number of furan rings is 1. The zero-order chi connectivity index (χ0) is 24.2. The quantitative estimate of drug-likeness (QED) is 0.249. The van der Waals surface area contributed by atoms with Gasteiger partial charge in [-0.2, -0.15) is 0 Å². The minimum absolute atomic E-state index is 0.0147. The summed E-state index contributed by atoms with van der Waals surface area (Å²) < 4.78 is 15.9. The lowest BCUT2D eigenvalue weighted by Gasteiger charge is -2.28. The second-order valence-corrected chi connectivity index (χ2v) is 7.54. The Kier molecular flexibility index (Phi) is 6.55. The Labute approximate surface area is 200 Å². The number of nitrogens with one attached hydrogen (secondary N) is 1. The Hall–Kier alpha value is -4.24. The Morgan fingerprint density at radius 2 is 1.76 bits per heavy atom. The highest BCUT2D eigenvalue weighted by Gasteiger charge is 2.34. The molecule has 3 aromatic rings. The molecule has 0 aliphatic carbocycles. The van der Waals surface area contributed by atoms with E-state index in [1.165, 1.54) is 11.0 Å². The number of carbonyl (C=O) groups is 3. The van der Waals surface area contributed by atoms with E-state index in [0.29, 0.717) is 35.1 Å². The third kappa shape index (κ3) is 4.60. The fourth-order valence-electron chi connectivity index (χ4n) is 3.34. The molecule has 1 aliphatic heterocycles. The average molecular weight is 477 g/mol. The van der Waals surface area contributed by atoms with Crippen molar-refractivity contribution in [3.05, 3.63) is 77.6 Å². The predicted octanol–water partition coefficient (Wildman–Crippen LogP) is 3.96. The number of ether oxygens (including phenoxy) is 2.